The maximum Gasteiger partial charge on any atom is 0.152 e. The molecule has 0 aromatic rings. The van der Waals surface area contributed by atoms with E-state index in [1.54, 1.807) is 0 Å². The van der Waals surface area contributed by atoms with E-state index in [0.717, 1.165) is 32.2 Å². The number of carbonyl (C=O) groups is 1. The van der Waals surface area contributed by atoms with Gasteiger partial charge in [-0.1, -0.05) is 12.8 Å². The SMILES string of the molecule is O=C1CCCCCC12CCCCN2. The minimum atomic E-state index is -0.0885. The number of carbonyl (C=O) groups excluding carboxylic acids is 1. The average molecular weight is 181 g/mol. The molecule has 0 amide bonds. The largest absolute Gasteiger partial charge is 0.305 e. The molecule has 74 valence electrons. The predicted octanol–water partition coefficient (Wildman–Crippen LogP) is 2.03. The van der Waals surface area contributed by atoms with E-state index < -0.39 is 0 Å². The lowest BCUT2D eigenvalue weighted by Crippen LogP contribution is -2.54. The summed E-state index contributed by atoms with van der Waals surface area (Å²) in [5.74, 6) is 0.490. The highest BCUT2D eigenvalue weighted by atomic mass is 16.1. The van der Waals surface area contributed by atoms with E-state index in [2.05, 4.69) is 5.32 Å². The number of ketones is 1. The topological polar surface area (TPSA) is 29.1 Å². The van der Waals surface area contributed by atoms with Crippen LogP contribution in [0.15, 0.2) is 0 Å². The van der Waals surface area contributed by atoms with Gasteiger partial charge in [-0.05, 0) is 38.6 Å². The molecule has 1 saturated carbocycles. The van der Waals surface area contributed by atoms with E-state index in [1.807, 2.05) is 0 Å². The summed E-state index contributed by atoms with van der Waals surface area (Å²) in [5.41, 5.74) is -0.0885. The van der Waals surface area contributed by atoms with Crippen molar-refractivity contribution in [1.82, 2.24) is 5.32 Å². The maximum absolute atomic E-state index is 11.9. The van der Waals surface area contributed by atoms with Gasteiger partial charge in [0.25, 0.3) is 0 Å². The molecule has 1 heterocycles. The van der Waals surface area contributed by atoms with Crippen LogP contribution in [0.25, 0.3) is 0 Å². The minimum Gasteiger partial charge on any atom is -0.305 e. The molecule has 2 heteroatoms. The van der Waals surface area contributed by atoms with Gasteiger partial charge in [0.1, 0.15) is 0 Å². The molecular formula is C11H19NO. The molecule has 1 spiro atoms. The summed E-state index contributed by atoms with van der Waals surface area (Å²) in [7, 11) is 0. The van der Waals surface area contributed by atoms with Crippen molar-refractivity contribution in [3.8, 4) is 0 Å². The first-order valence-corrected chi connectivity index (χ1v) is 5.62. The molecule has 1 aliphatic heterocycles. The lowest BCUT2D eigenvalue weighted by molar-refractivity contribution is -0.126. The van der Waals surface area contributed by atoms with Crippen LogP contribution in [-0.2, 0) is 4.79 Å². The quantitative estimate of drug-likeness (QED) is 0.619. The standard InChI is InChI=1S/C11H19NO/c13-10-6-2-1-3-7-11(10)8-4-5-9-12-11/h12H,1-9H2. The fourth-order valence-corrected chi connectivity index (χ4v) is 2.69. The van der Waals surface area contributed by atoms with Crippen LogP contribution in [0.4, 0.5) is 0 Å². The van der Waals surface area contributed by atoms with Crippen molar-refractivity contribution < 1.29 is 4.79 Å². The van der Waals surface area contributed by atoms with Crippen LogP contribution >= 0.6 is 0 Å². The van der Waals surface area contributed by atoms with Gasteiger partial charge in [0.15, 0.2) is 5.78 Å². The number of Topliss-reactive ketones (excluding diaryl/α,β-unsaturated/α-hetero) is 1. The number of hydrogen-bond donors (Lipinski definition) is 1. The summed E-state index contributed by atoms with van der Waals surface area (Å²) in [5, 5.41) is 3.47. The second-order valence-corrected chi connectivity index (χ2v) is 4.45. The van der Waals surface area contributed by atoms with Crippen molar-refractivity contribution >= 4 is 5.78 Å². The van der Waals surface area contributed by atoms with Gasteiger partial charge in [0.2, 0.25) is 0 Å². The Hall–Kier alpha value is -0.370. The first-order chi connectivity index (χ1) is 6.33. The Morgan fingerprint density at radius 2 is 1.77 bits per heavy atom. The van der Waals surface area contributed by atoms with E-state index in [9.17, 15) is 4.79 Å². The zero-order chi connectivity index (χ0) is 9.15. The number of piperidine rings is 1. The van der Waals surface area contributed by atoms with Gasteiger partial charge in [-0.15, -0.1) is 0 Å². The van der Waals surface area contributed by atoms with E-state index in [-0.39, 0.29) is 5.54 Å². The molecule has 2 rings (SSSR count). The molecule has 13 heavy (non-hydrogen) atoms. The first kappa shape index (κ1) is 9.20. The molecule has 1 atom stereocenters. The Morgan fingerprint density at radius 3 is 2.54 bits per heavy atom. The highest BCUT2D eigenvalue weighted by molar-refractivity contribution is 5.88. The second-order valence-electron chi connectivity index (χ2n) is 4.45. The van der Waals surface area contributed by atoms with Crippen molar-refractivity contribution in [2.24, 2.45) is 0 Å². The molecule has 1 N–H and O–H groups in total. The van der Waals surface area contributed by atoms with Gasteiger partial charge in [-0.25, -0.2) is 0 Å². The van der Waals surface area contributed by atoms with Gasteiger partial charge >= 0.3 is 0 Å². The van der Waals surface area contributed by atoms with Crippen molar-refractivity contribution in [3.63, 3.8) is 0 Å². The minimum absolute atomic E-state index is 0.0885. The third-order valence-corrected chi connectivity index (χ3v) is 3.53. The predicted molar refractivity (Wildman–Crippen MR) is 52.7 cm³/mol. The van der Waals surface area contributed by atoms with E-state index in [0.29, 0.717) is 5.78 Å². The average Bonchev–Trinajstić information content (AvgIpc) is 2.33. The Kier molecular flexibility index (Phi) is 2.68. The monoisotopic (exact) mass is 181 g/mol. The van der Waals surface area contributed by atoms with E-state index in [1.165, 1.54) is 25.7 Å². The third kappa shape index (κ3) is 1.78. The summed E-state index contributed by atoms with van der Waals surface area (Å²) in [6, 6.07) is 0. The zero-order valence-corrected chi connectivity index (χ0v) is 8.27. The summed E-state index contributed by atoms with van der Waals surface area (Å²) in [4.78, 5) is 11.9. The first-order valence-electron chi connectivity index (χ1n) is 5.62. The fraction of sp³-hybridized carbons (Fsp3) is 0.909. The molecule has 0 aromatic heterocycles. The summed E-state index contributed by atoms with van der Waals surface area (Å²) in [6.07, 6.45) is 9.06. The van der Waals surface area contributed by atoms with Crippen LogP contribution in [0.5, 0.6) is 0 Å². The molecule has 1 saturated heterocycles. The van der Waals surface area contributed by atoms with Crippen molar-refractivity contribution in [2.45, 2.75) is 56.9 Å². The molecule has 1 aliphatic carbocycles. The van der Waals surface area contributed by atoms with Crippen molar-refractivity contribution in [1.29, 1.82) is 0 Å². The van der Waals surface area contributed by atoms with Gasteiger partial charge in [-0.2, -0.15) is 0 Å². The Bertz CT molecular complexity index is 194. The molecule has 0 radical (unpaired) electrons. The number of rotatable bonds is 0. The maximum atomic E-state index is 11.9. The van der Waals surface area contributed by atoms with E-state index >= 15 is 0 Å². The van der Waals surface area contributed by atoms with Crippen LogP contribution in [0, 0.1) is 0 Å². The smallest absolute Gasteiger partial charge is 0.152 e. The zero-order valence-electron chi connectivity index (χ0n) is 8.27. The van der Waals surface area contributed by atoms with Crippen LogP contribution < -0.4 is 5.32 Å². The van der Waals surface area contributed by atoms with Crippen LogP contribution in [0.3, 0.4) is 0 Å². The molecular weight excluding hydrogens is 162 g/mol. The van der Waals surface area contributed by atoms with Crippen molar-refractivity contribution in [3.05, 3.63) is 0 Å². The molecule has 0 bridgehead atoms. The molecule has 1 unspecified atom stereocenters. The van der Waals surface area contributed by atoms with Gasteiger partial charge in [0.05, 0.1) is 5.54 Å². The normalized spacial score (nSPS) is 36.2. The Morgan fingerprint density at radius 1 is 1.00 bits per heavy atom. The van der Waals surface area contributed by atoms with Crippen LogP contribution in [0.2, 0.25) is 0 Å². The van der Waals surface area contributed by atoms with Crippen molar-refractivity contribution in [2.75, 3.05) is 6.54 Å². The lowest BCUT2D eigenvalue weighted by atomic mass is 9.81. The Labute approximate surface area is 80.1 Å². The molecule has 2 aliphatic rings. The molecule has 2 fully saturated rings. The lowest BCUT2D eigenvalue weighted by Gasteiger charge is -2.36. The van der Waals surface area contributed by atoms with Gasteiger partial charge in [-0.3, -0.25) is 4.79 Å². The van der Waals surface area contributed by atoms with E-state index in [4.69, 9.17) is 0 Å². The summed E-state index contributed by atoms with van der Waals surface area (Å²) in [6.45, 7) is 1.05. The van der Waals surface area contributed by atoms with Gasteiger partial charge < -0.3 is 5.32 Å². The van der Waals surface area contributed by atoms with Crippen LogP contribution in [-0.4, -0.2) is 17.9 Å². The highest BCUT2D eigenvalue weighted by Crippen LogP contribution is 2.30. The summed E-state index contributed by atoms with van der Waals surface area (Å²) < 4.78 is 0. The Balaban J connectivity index is 2.10. The second kappa shape index (κ2) is 3.79. The fourth-order valence-electron chi connectivity index (χ4n) is 2.69. The third-order valence-electron chi connectivity index (χ3n) is 3.53. The summed E-state index contributed by atoms with van der Waals surface area (Å²) >= 11 is 0. The highest BCUT2D eigenvalue weighted by Gasteiger charge is 2.38. The molecule has 2 nitrogen and oxygen atoms in total. The van der Waals surface area contributed by atoms with Crippen LogP contribution in [0.1, 0.15) is 51.4 Å². The number of nitrogens with one attached hydrogen (secondary N) is 1. The van der Waals surface area contributed by atoms with Gasteiger partial charge in [0, 0.05) is 6.42 Å². The molecule has 0 aromatic carbocycles. The number of hydrogen-bond acceptors (Lipinski definition) is 2.